The highest BCUT2D eigenvalue weighted by Crippen LogP contribution is 2.32. The van der Waals surface area contributed by atoms with Gasteiger partial charge in [-0.05, 0) is 54.3 Å². The number of nitrogens with one attached hydrogen (secondary N) is 1. The maximum atomic E-state index is 12.4. The summed E-state index contributed by atoms with van der Waals surface area (Å²) in [5.74, 6) is 0.142. The van der Waals surface area contributed by atoms with E-state index in [0.717, 1.165) is 33.2 Å². The molecule has 168 valence electrons. The molecule has 0 fully saturated rings. The van der Waals surface area contributed by atoms with Gasteiger partial charge < -0.3 is 10.1 Å². The molecule has 6 nitrogen and oxygen atoms in total. The van der Waals surface area contributed by atoms with Crippen molar-refractivity contribution in [1.29, 1.82) is 0 Å². The maximum absolute atomic E-state index is 12.4. The molecule has 0 radical (unpaired) electrons. The Hall–Kier alpha value is -3.64. The number of allylic oxidation sites excluding steroid dienone is 4. The lowest BCUT2D eigenvalue weighted by Gasteiger charge is -2.14. The lowest BCUT2D eigenvalue weighted by molar-refractivity contribution is -0.119. The molecule has 2 aromatic heterocycles. The topological polar surface area (TPSA) is 100 Å². The van der Waals surface area contributed by atoms with Crippen LogP contribution in [0.3, 0.4) is 0 Å². The smallest absolute Gasteiger partial charge is 0.247 e. The van der Waals surface area contributed by atoms with Gasteiger partial charge in [0, 0.05) is 48.0 Å². The van der Waals surface area contributed by atoms with E-state index in [2.05, 4.69) is 4.98 Å². The van der Waals surface area contributed by atoms with Crippen LogP contribution in [-0.2, 0) is 16.0 Å². The van der Waals surface area contributed by atoms with E-state index in [-0.39, 0.29) is 17.1 Å². The Labute approximate surface area is 191 Å². The average molecular weight is 443 g/mol. The van der Waals surface area contributed by atoms with Gasteiger partial charge in [-0.25, -0.2) is 4.98 Å². The summed E-state index contributed by atoms with van der Waals surface area (Å²) in [6, 6.07) is 11.0. The Morgan fingerprint density at radius 3 is 2.70 bits per heavy atom. The molecule has 0 bridgehead atoms. The monoisotopic (exact) mass is 442 g/mol. The average Bonchev–Trinajstić information content (AvgIpc) is 2.82. The number of ketones is 2. The number of benzene rings is 1. The molecule has 6 heteroatoms. The van der Waals surface area contributed by atoms with Crippen molar-refractivity contribution in [1.82, 2.24) is 9.97 Å². The summed E-state index contributed by atoms with van der Waals surface area (Å²) in [5.41, 5.74) is 4.70. The van der Waals surface area contributed by atoms with Crippen molar-refractivity contribution in [3.05, 3.63) is 82.3 Å². The van der Waals surface area contributed by atoms with Gasteiger partial charge in [0.2, 0.25) is 5.56 Å². The van der Waals surface area contributed by atoms with Crippen molar-refractivity contribution in [3.63, 3.8) is 0 Å². The molecule has 1 unspecified atom stereocenters. The number of Topliss-reactive ketones (excluding diaryl/α,β-unsaturated/α-hetero) is 1. The zero-order chi connectivity index (χ0) is 23.4. The van der Waals surface area contributed by atoms with Gasteiger partial charge in [-0.15, -0.1) is 0 Å². The number of H-pyrrole nitrogens is 1. The van der Waals surface area contributed by atoms with Crippen LogP contribution >= 0.6 is 0 Å². The first-order chi connectivity index (χ1) is 15.9. The third kappa shape index (κ3) is 5.41. The van der Waals surface area contributed by atoms with Gasteiger partial charge in [0.1, 0.15) is 5.78 Å². The molecule has 0 aliphatic heterocycles. The number of nitrogens with zero attached hydrogens (tertiary/aromatic N) is 1. The molecule has 2 N–H and O–H groups in total. The van der Waals surface area contributed by atoms with E-state index in [9.17, 15) is 19.5 Å². The fourth-order valence-corrected chi connectivity index (χ4v) is 3.91. The minimum atomic E-state index is -0.438. The third-order valence-corrected chi connectivity index (χ3v) is 5.85. The number of carbonyl (C=O) groups excluding carboxylic acids is 2. The summed E-state index contributed by atoms with van der Waals surface area (Å²) in [6.45, 7) is 1.90. The minimum absolute atomic E-state index is 0.0482. The molecule has 0 amide bonds. The largest absolute Gasteiger partial charge is 0.393 e. The van der Waals surface area contributed by atoms with Gasteiger partial charge in [-0.3, -0.25) is 14.4 Å². The summed E-state index contributed by atoms with van der Waals surface area (Å²) in [7, 11) is 0. The van der Waals surface area contributed by atoms with E-state index in [1.165, 1.54) is 6.07 Å². The first-order valence-corrected chi connectivity index (χ1v) is 11.2. The van der Waals surface area contributed by atoms with E-state index >= 15 is 0 Å². The molecule has 1 aliphatic rings. The van der Waals surface area contributed by atoms with Crippen molar-refractivity contribution in [2.75, 3.05) is 0 Å². The van der Waals surface area contributed by atoms with Crippen LogP contribution in [0.25, 0.3) is 27.7 Å². The first-order valence-electron chi connectivity index (χ1n) is 11.2. The third-order valence-electron chi connectivity index (χ3n) is 5.85. The summed E-state index contributed by atoms with van der Waals surface area (Å²) in [6.07, 6.45) is 8.55. The fourth-order valence-electron chi connectivity index (χ4n) is 3.91. The van der Waals surface area contributed by atoms with E-state index < -0.39 is 6.10 Å². The molecular weight excluding hydrogens is 416 g/mol. The molecule has 0 saturated heterocycles. The van der Waals surface area contributed by atoms with E-state index in [4.69, 9.17) is 4.98 Å². The Morgan fingerprint density at radius 2 is 2.00 bits per heavy atom. The molecule has 0 spiro atoms. The van der Waals surface area contributed by atoms with Gasteiger partial charge in [0.05, 0.1) is 17.3 Å². The number of aromatic amines is 1. The molecular formula is C27H26N2O4. The Balaban J connectivity index is 1.72. The van der Waals surface area contributed by atoms with Gasteiger partial charge in [-0.2, -0.15) is 0 Å². The Morgan fingerprint density at radius 1 is 1.15 bits per heavy atom. The summed E-state index contributed by atoms with van der Waals surface area (Å²) >= 11 is 0. The summed E-state index contributed by atoms with van der Waals surface area (Å²) in [4.78, 5) is 43.1. The zero-order valence-electron chi connectivity index (χ0n) is 18.5. The molecule has 0 saturated carbocycles. The van der Waals surface area contributed by atoms with E-state index in [1.807, 2.05) is 37.3 Å². The second-order valence-corrected chi connectivity index (χ2v) is 8.33. The second-order valence-electron chi connectivity index (χ2n) is 8.33. The second kappa shape index (κ2) is 9.88. The van der Waals surface area contributed by atoms with Crippen LogP contribution in [0.5, 0.6) is 0 Å². The van der Waals surface area contributed by atoms with Gasteiger partial charge in [0.25, 0.3) is 0 Å². The molecule has 33 heavy (non-hydrogen) atoms. The van der Waals surface area contributed by atoms with E-state index in [1.54, 1.807) is 24.4 Å². The maximum Gasteiger partial charge on any atom is 0.247 e. The lowest BCUT2D eigenvalue weighted by atomic mass is 9.93. The molecule has 1 aromatic carbocycles. The zero-order valence-corrected chi connectivity index (χ0v) is 18.5. The van der Waals surface area contributed by atoms with Crippen molar-refractivity contribution < 1.29 is 14.7 Å². The fraction of sp³-hybridized carbons (Fsp3) is 0.259. The Kier molecular flexibility index (Phi) is 6.75. The quantitative estimate of drug-likeness (QED) is 0.546. The molecule has 4 rings (SSSR count). The number of aromatic nitrogens is 2. The van der Waals surface area contributed by atoms with Crippen molar-refractivity contribution in [2.45, 2.75) is 45.1 Å². The summed E-state index contributed by atoms with van der Waals surface area (Å²) < 4.78 is 0. The van der Waals surface area contributed by atoms with Crippen LogP contribution in [0.15, 0.2) is 65.6 Å². The number of aliphatic hydroxyl groups excluding tert-OH is 1. The highest BCUT2D eigenvalue weighted by molar-refractivity contribution is 6.00. The number of hydrogen-bond donors (Lipinski definition) is 2. The van der Waals surface area contributed by atoms with Gasteiger partial charge in [0.15, 0.2) is 5.78 Å². The van der Waals surface area contributed by atoms with Crippen molar-refractivity contribution in [3.8, 4) is 11.3 Å². The molecule has 3 aromatic rings. The minimum Gasteiger partial charge on any atom is -0.393 e. The molecule has 1 aliphatic carbocycles. The predicted octanol–water partition coefficient (Wildman–Crippen LogP) is 4.17. The number of aliphatic hydroxyl groups is 1. The number of rotatable bonds is 8. The van der Waals surface area contributed by atoms with Crippen molar-refractivity contribution in [2.24, 2.45) is 0 Å². The normalized spacial score (nSPS) is 14.4. The van der Waals surface area contributed by atoms with Gasteiger partial charge in [-0.1, -0.05) is 25.1 Å². The Bertz CT molecular complexity index is 1310. The highest BCUT2D eigenvalue weighted by Gasteiger charge is 2.16. The standard InChI is InChI=1S/C27H26N2O4/c1-2-21(30)9-10-23(32)14-17-3-11-25-20(13-17)15-24(18-4-7-22(31)8-5-18)27(29-25)19-6-12-26(33)28-16-19/h3-7,11-13,15-16,21,30H,2,8-10,14H2,1H3,(H,28,33). The van der Waals surface area contributed by atoms with Crippen LogP contribution in [0.2, 0.25) is 0 Å². The van der Waals surface area contributed by atoms with Crippen molar-refractivity contribution >= 4 is 28.0 Å². The lowest BCUT2D eigenvalue weighted by Crippen LogP contribution is -2.10. The van der Waals surface area contributed by atoms with Crippen LogP contribution in [-0.4, -0.2) is 32.7 Å². The first kappa shape index (κ1) is 22.6. The summed E-state index contributed by atoms with van der Waals surface area (Å²) in [5, 5.41) is 10.6. The van der Waals surface area contributed by atoms with Crippen LogP contribution in [0, 0.1) is 0 Å². The van der Waals surface area contributed by atoms with Crippen LogP contribution < -0.4 is 5.56 Å². The molecule has 2 heterocycles. The number of carbonyl (C=O) groups is 2. The number of hydrogen-bond acceptors (Lipinski definition) is 5. The van der Waals surface area contributed by atoms with Gasteiger partial charge >= 0.3 is 0 Å². The SMILES string of the molecule is CCC(O)CCC(=O)Cc1ccc2nc(-c3ccc(=O)[nH]c3)c(C3=CCC(=O)C=C3)cc2c1. The van der Waals surface area contributed by atoms with E-state index in [0.29, 0.717) is 37.8 Å². The number of pyridine rings is 2. The van der Waals surface area contributed by atoms with Crippen LogP contribution in [0.4, 0.5) is 0 Å². The molecule has 1 atom stereocenters. The van der Waals surface area contributed by atoms with Crippen LogP contribution in [0.1, 0.15) is 43.7 Å². The highest BCUT2D eigenvalue weighted by atomic mass is 16.3. The number of fused-ring (bicyclic) bond motifs is 1. The predicted molar refractivity (Wildman–Crippen MR) is 129 cm³/mol.